The number of halogens is 4. The Morgan fingerprint density at radius 1 is 0.783 bits per heavy atom. The standard InChI is InChI=1S/C34H33Cl4N3O4S/c1-22(2)39-34(43)31(19-24-9-5-4-6-10-24)40(20-26-27(35)11-7-12-28(26)36)32(42)21-41(30-14-8-13-29(37)33(30)38)46(44,45)25-17-15-23(3)16-18-25/h4-18,22,31H,19-21H2,1-3H3,(H,39,43)/t31-/m0/s1. The zero-order valence-electron chi connectivity index (χ0n) is 25.4. The molecule has 46 heavy (non-hydrogen) atoms. The molecule has 4 aromatic rings. The summed E-state index contributed by atoms with van der Waals surface area (Å²) in [5, 5.41) is 3.54. The molecule has 4 rings (SSSR count). The molecule has 0 aromatic heterocycles. The maximum atomic E-state index is 14.6. The molecule has 0 saturated carbocycles. The quantitative estimate of drug-likeness (QED) is 0.161. The number of sulfonamides is 1. The van der Waals surface area contributed by atoms with Crippen molar-refractivity contribution in [2.75, 3.05) is 10.8 Å². The van der Waals surface area contributed by atoms with Crippen LogP contribution in [0, 0.1) is 6.92 Å². The SMILES string of the molecule is Cc1ccc(S(=O)(=O)N(CC(=O)N(Cc2c(Cl)cccc2Cl)[C@@H](Cc2ccccc2)C(=O)NC(C)C)c2cccc(Cl)c2Cl)cc1. The molecular weight excluding hydrogens is 688 g/mol. The largest absolute Gasteiger partial charge is 0.352 e. The van der Waals surface area contributed by atoms with Gasteiger partial charge in [0.15, 0.2) is 0 Å². The number of nitrogens with one attached hydrogen (secondary N) is 1. The number of anilines is 1. The van der Waals surface area contributed by atoms with Crippen molar-refractivity contribution < 1.29 is 18.0 Å². The lowest BCUT2D eigenvalue weighted by Crippen LogP contribution is -2.54. The molecule has 4 aromatic carbocycles. The van der Waals surface area contributed by atoms with Crippen LogP contribution in [-0.4, -0.2) is 43.8 Å². The van der Waals surface area contributed by atoms with Crippen LogP contribution in [0.25, 0.3) is 0 Å². The van der Waals surface area contributed by atoms with Gasteiger partial charge >= 0.3 is 0 Å². The summed E-state index contributed by atoms with van der Waals surface area (Å²) in [6.45, 7) is 4.57. The Bertz CT molecular complexity index is 1780. The molecule has 0 bridgehead atoms. The van der Waals surface area contributed by atoms with Gasteiger partial charge in [-0.15, -0.1) is 0 Å². The molecule has 7 nitrogen and oxygen atoms in total. The molecule has 0 fully saturated rings. The zero-order valence-corrected chi connectivity index (χ0v) is 29.2. The molecule has 0 aliphatic rings. The van der Waals surface area contributed by atoms with Crippen molar-refractivity contribution in [3.8, 4) is 0 Å². The summed E-state index contributed by atoms with van der Waals surface area (Å²) in [5.41, 5.74) is 2.05. The number of carbonyl (C=O) groups excluding carboxylic acids is 2. The molecule has 0 unspecified atom stereocenters. The predicted octanol–water partition coefficient (Wildman–Crippen LogP) is 7.97. The number of benzene rings is 4. The summed E-state index contributed by atoms with van der Waals surface area (Å²) in [5.74, 6) is -1.12. The highest BCUT2D eigenvalue weighted by Gasteiger charge is 2.36. The Balaban J connectivity index is 1.87. The van der Waals surface area contributed by atoms with Crippen LogP contribution >= 0.6 is 46.4 Å². The van der Waals surface area contributed by atoms with Gasteiger partial charge in [0.2, 0.25) is 11.8 Å². The first-order chi connectivity index (χ1) is 21.8. The summed E-state index contributed by atoms with van der Waals surface area (Å²) in [7, 11) is -4.36. The van der Waals surface area contributed by atoms with Gasteiger partial charge in [0, 0.05) is 34.6 Å². The molecule has 1 atom stereocenters. The second kappa shape index (κ2) is 15.5. The predicted molar refractivity (Wildman–Crippen MR) is 186 cm³/mol. The Hall–Kier alpha value is -3.27. The highest BCUT2D eigenvalue weighted by atomic mass is 35.5. The van der Waals surface area contributed by atoms with E-state index in [1.807, 2.05) is 51.1 Å². The molecule has 12 heteroatoms. The van der Waals surface area contributed by atoms with Crippen LogP contribution in [0.3, 0.4) is 0 Å². The summed E-state index contributed by atoms with van der Waals surface area (Å²) >= 11 is 26.0. The van der Waals surface area contributed by atoms with Gasteiger partial charge < -0.3 is 10.2 Å². The number of amides is 2. The van der Waals surface area contributed by atoms with E-state index in [0.717, 1.165) is 15.4 Å². The number of aryl methyl sites for hydroxylation is 1. The Morgan fingerprint density at radius 2 is 1.37 bits per heavy atom. The molecule has 1 N–H and O–H groups in total. The number of carbonyl (C=O) groups is 2. The van der Waals surface area contributed by atoms with Gasteiger partial charge in [0.25, 0.3) is 10.0 Å². The fourth-order valence-electron chi connectivity index (χ4n) is 4.82. The van der Waals surface area contributed by atoms with Gasteiger partial charge in [-0.3, -0.25) is 13.9 Å². The molecular formula is C34H33Cl4N3O4S. The van der Waals surface area contributed by atoms with Crippen LogP contribution in [-0.2, 0) is 32.6 Å². The van der Waals surface area contributed by atoms with Gasteiger partial charge in [-0.05, 0) is 62.7 Å². The molecule has 0 saturated heterocycles. The maximum absolute atomic E-state index is 14.6. The lowest BCUT2D eigenvalue weighted by atomic mass is 10.0. The number of hydrogen-bond donors (Lipinski definition) is 1. The second-order valence-electron chi connectivity index (χ2n) is 11.0. The monoisotopic (exact) mass is 719 g/mol. The van der Waals surface area contributed by atoms with E-state index in [4.69, 9.17) is 46.4 Å². The number of rotatable bonds is 12. The zero-order chi connectivity index (χ0) is 33.6. The van der Waals surface area contributed by atoms with Crippen LogP contribution in [0.4, 0.5) is 5.69 Å². The fraction of sp³-hybridized carbons (Fsp3) is 0.235. The van der Waals surface area contributed by atoms with Gasteiger partial charge in [0.05, 0.1) is 20.6 Å². The Kier molecular flexibility index (Phi) is 12.0. The van der Waals surface area contributed by atoms with Crippen molar-refractivity contribution in [3.63, 3.8) is 0 Å². The van der Waals surface area contributed by atoms with Crippen molar-refractivity contribution in [2.45, 2.75) is 50.7 Å². The van der Waals surface area contributed by atoms with Crippen LogP contribution in [0.1, 0.15) is 30.5 Å². The third kappa shape index (κ3) is 8.55. The summed E-state index contributed by atoms with van der Waals surface area (Å²) in [6, 6.07) is 23.6. The molecule has 0 radical (unpaired) electrons. The van der Waals surface area contributed by atoms with E-state index in [0.29, 0.717) is 5.56 Å². The van der Waals surface area contributed by atoms with Crippen molar-refractivity contribution >= 4 is 73.9 Å². The van der Waals surface area contributed by atoms with Gasteiger partial charge in [-0.25, -0.2) is 8.42 Å². The molecule has 0 aliphatic carbocycles. The van der Waals surface area contributed by atoms with Crippen LogP contribution in [0.2, 0.25) is 20.1 Å². The maximum Gasteiger partial charge on any atom is 0.264 e. The topological polar surface area (TPSA) is 86.8 Å². The first-order valence-corrected chi connectivity index (χ1v) is 17.3. The average Bonchev–Trinajstić information content (AvgIpc) is 3.00. The van der Waals surface area contributed by atoms with Gasteiger partial charge in [-0.1, -0.05) is 107 Å². The summed E-state index contributed by atoms with van der Waals surface area (Å²) in [4.78, 5) is 29.7. The van der Waals surface area contributed by atoms with E-state index in [-0.39, 0.29) is 49.7 Å². The third-order valence-electron chi connectivity index (χ3n) is 7.18. The summed E-state index contributed by atoms with van der Waals surface area (Å²) < 4.78 is 29.3. The Morgan fingerprint density at radius 3 is 1.98 bits per heavy atom. The minimum atomic E-state index is -4.36. The van der Waals surface area contributed by atoms with E-state index in [1.165, 1.54) is 29.2 Å². The minimum absolute atomic E-state index is 0.00468. The average molecular weight is 722 g/mol. The van der Waals surface area contributed by atoms with E-state index >= 15 is 0 Å². The lowest BCUT2D eigenvalue weighted by molar-refractivity contribution is -0.140. The highest BCUT2D eigenvalue weighted by Crippen LogP contribution is 2.36. The van der Waals surface area contributed by atoms with Crippen molar-refractivity contribution in [2.24, 2.45) is 0 Å². The van der Waals surface area contributed by atoms with Gasteiger partial charge in [0.1, 0.15) is 12.6 Å². The lowest BCUT2D eigenvalue weighted by Gasteiger charge is -2.34. The molecule has 0 heterocycles. The first kappa shape index (κ1) is 35.6. The van der Waals surface area contributed by atoms with Crippen molar-refractivity contribution in [3.05, 3.63) is 128 Å². The Labute approximate surface area is 290 Å². The van der Waals surface area contributed by atoms with E-state index in [9.17, 15) is 18.0 Å². The van der Waals surface area contributed by atoms with Crippen molar-refractivity contribution in [1.29, 1.82) is 0 Å². The van der Waals surface area contributed by atoms with Crippen LogP contribution < -0.4 is 9.62 Å². The number of nitrogens with zero attached hydrogens (tertiary/aromatic N) is 2. The first-order valence-electron chi connectivity index (χ1n) is 14.4. The second-order valence-corrected chi connectivity index (χ2v) is 14.5. The third-order valence-corrected chi connectivity index (χ3v) is 10.5. The molecule has 2 amide bonds. The number of hydrogen-bond acceptors (Lipinski definition) is 4. The van der Waals surface area contributed by atoms with E-state index in [1.54, 1.807) is 36.4 Å². The van der Waals surface area contributed by atoms with Gasteiger partial charge in [-0.2, -0.15) is 0 Å². The molecule has 0 spiro atoms. The van der Waals surface area contributed by atoms with Crippen LogP contribution in [0.15, 0.2) is 95.9 Å². The highest BCUT2D eigenvalue weighted by molar-refractivity contribution is 7.92. The smallest absolute Gasteiger partial charge is 0.264 e. The van der Waals surface area contributed by atoms with Crippen LogP contribution in [0.5, 0.6) is 0 Å². The molecule has 0 aliphatic heterocycles. The summed E-state index contributed by atoms with van der Waals surface area (Å²) in [6.07, 6.45) is 0.135. The normalized spacial score (nSPS) is 12.1. The fourth-order valence-corrected chi connectivity index (χ4v) is 7.21. The van der Waals surface area contributed by atoms with Crippen molar-refractivity contribution in [1.82, 2.24) is 10.2 Å². The minimum Gasteiger partial charge on any atom is -0.352 e. The van der Waals surface area contributed by atoms with E-state index < -0.39 is 34.4 Å². The molecule has 242 valence electrons. The van der Waals surface area contributed by atoms with E-state index in [2.05, 4.69) is 5.32 Å².